The van der Waals surface area contributed by atoms with Gasteiger partial charge in [0.1, 0.15) is 0 Å². The summed E-state index contributed by atoms with van der Waals surface area (Å²) in [7, 11) is -2.22. The summed E-state index contributed by atoms with van der Waals surface area (Å²) >= 11 is 0. The van der Waals surface area contributed by atoms with E-state index in [4.69, 9.17) is 9.31 Å². The Balaban J connectivity index is 0.000000359. The van der Waals surface area contributed by atoms with Gasteiger partial charge in [0.15, 0.2) is 0 Å². The van der Waals surface area contributed by atoms with E-state index in [0.29, 0.717) is 11.4 Å². The fourth-order valence-electron chi connectivity index (χ4n) is 4.20. The summed E-state index contributed by atoms with van der Waals surface area (Å²) < 4.78 is 39.2. The second kappa shape index (κ2) is 13.0. The molecule has 8 heteroatoms. The molecular formula is C31H36BNO4PdS-. The fraction of sp³-hybridized carbons (Fsp3) is 0.323. The molecule has 0 N–H and O–H groups in total. The Morgan fingerprint density at radius 1 is 0.872 bits per heavy atom. The second-order valence-corrected chi connectivity index (χ2v) is 12.6. The number of benzene rings is 3. The molecule has 1 unspecified atom stereocenters. The molecule has 0 bridgehead atoms. The minimum absolute atomic E-state index is 0. The molecule has 1 fully saturated rings. The average Bonchev–Trinajstić information content (AvgIpc) is 3.15. The molecule has 1 saturated heterocycles. The fourth-order valence-corrected chi connectivity index (χ4v) is 5.78. The smallest absolute Gasteiger partial charge is 0.405 e. The topological polar surface area (TPSA) is 55.8 Å². The maximum absolute atomic E-state index is 13.6. The molecular weight excluding hydrogens is 600 g/mol. The predicted octanol–water partition coefficient (Wildman–Crippen LogP) is 6.24. The van der Waals surface area contributed by atoms with Crippen LogP contribution in [-0.4, -0.2) is 38.2 Å². The number of hydrogen-bond acceptors (Lipinski definition) is 4. The molecule has 5 rings (SSSR count). The zero-order valence-electron chi connectivity index (χ0n) is 23.1. The molecule has 0 spiro atoms. The first-order chi connectivity index (χ1) is 18.0. The first-order valence-corrected chi connectivity index (χ1v) is 14.3. The van der Waals surface area contributed by atoms with Gasteiger partial charge in [-0.2, -0.15) is 5.92 Å². The van der Waals surface area contributed by atoms with Gasteiger partial charge in [0.05, 0.1) is 16.1 Å². The molecule has 0 amide bonds. The summed E-state index contributed by atoms with van der Waals surface area (Å²) in [6.07, 6.45) is 4.83. The van der Waals surface area contributed by atoms with Gasteiger partial charge in [-0.15, -0.1) is 0 Å². The van der Waals surface area contributed by atoms with Crippen molar-refractivity contribution in [2.24, 2.45) is 0 Å². The molecule has 0 aromatic heterocycles. The van der Waals surface area contributed by atoms with E-state index in [1.54, 1.807) is 16.4 Å². The standard InChI is InChI=1S/C25H24NO2S.C6H12BO2.Pd/c1-20-12-15-24(16-13-20)29(27,28)26-19-22(18-21-8-4-2-5-9-21)14-17-25(26)23-10-6-3-7-11-23;1-5(2)6(3,4)9-7-8-5;/h2-17,25H,18-19H2,1H3;1-4H3;/q-1;;. The third-order valence-electron chi connectivity index (χ3n) is 7.36. The van der Waals surface area contributed by atoms with Gasteiger partial charge in [-0.25, -0.2) is 24.9 Å². The zero-order valence-corrected chi connectivity index (χ0v) is 25.5. The molecule has 209 valence electrons. The quantitative estimate of drug-likeness (QED) is 0.246. The van der Waals surface area contributed by atoms with Crippen LogP contribution < -0.4 is 0 Å². The van der Waals surface area contributed by atoms with E-state index < -0.39 is 10.0 Å². The van der Waals surface area contributed by atoms with Crippen LogP contribution in [0.15, 0.2) is 102 Å². The van der Waals surface area contributed by atoms with Crippen LogP contribution in [0.5, 0.6) is 0 Å². The molecule has 39 heavy (non-hydrogen) atoms. The van der Waals surface area contributed by atoms with Crippen LogP contribution in [0.3, 0.4) is 0 Å². The van der Waals surface area contributed by atoms with E-state index in [1.165, 1.54) is 13.2 Å². The van der Waals surface area contributed by atoms with E-state index in [1.807, 2.05) is 101 Å². The Bertz CT molecular complexity index is 1320. The van der Waals surface area contributed by atoms with E-state index in [0.717, 1.165) is 23.5 Å². The molecule has 3 aromatic rings. The number of aryl methyl sites for hydroxylation is 1. The maximum Gasteiger partial charge on any atom is 0.488 e. The van der Waals surface area contributed by atoms with Crippen LogP contribution in [0.25, 0.3) is 0 Å². The van der Waals surface area contributed by atoms with Crippen molar-refractivity contribution in [3.05, 3.63) is 120 Å². The Labute approximate surface area is 248 Å². The van der Waals surface area contributed by atoms with Crippen LogP contribution in [-0.2, 0) is 46.2 Å². The minimum Gasteiger partial charge on any atom is -0.405 e. The molecule has 0 saturated carbocycles. The molecule has 1 atom stereocenters. The SMILES string of the molecule is CC1(C)O[B]OC1(C)C.Cc1ccc(S(=O)(=O)N2C[C-](Cc3ccccc3)C=CC2c2ccccc2)cc1.[Pd]. The summed E-state index contributed by atoms with van der Waals surface area (Å²) in [5.41, 5.74) is 2.81. The number of nitrogens with zero attached hydrogens (tertiary/aromatic N) is 1. The van der Waals surface area contributed by atoms with Gasteiger partial charge in [0, 0.05) is 26.5 Å². The van der Waals surface area contributed by atoms with Crippen LogP contribution in [0.1, 0.15) is 50.4 Å². The Hall–Kier alpha value is -2.17. The van der Waals surface area contributed by atoms with Crippen LogP contribution in [0.4, 0.5) is 0 Å². The van der Waals surface area contributed by atoms with Crippen molar-refractivity contribution in [3.8, 4) is 0 Å². The zero-order chi connectivity index (χ0) is 27.4. The summed E-state index contributed by atoms with van der Waals surface area (Å²) in [5.74, 6) is 1.08. The van der Waals surface area contributed by atoms with Gasteiger partial charge in [-0.1, -0.05) is 90.3 Å². The summed E-state index contributed by atoms with van der Waals surface area (Å²) in [6.45, 7) is 10.4. The van der Waals surface area contributed by atoms with Crippen molar-refractivity contribution in [1.82, 2.24) is 4.31 Å². The number of sulfonamides is 1. The predicted molar refractivity (Wildman–Crippen MR) is 153 cm³/mol. The molecule has 2 aliphatic heterocycles. The molecule has 0 aliphatic carbocycles. The van der Waals surface area contributed by atoms with Gasteiger partial charge >= 0.3 is 7.69 Å². The number of rotatable bonds is 5. The molecule has 5 nitrogen and oxygen atoms in total. The van der Waals surface area contributed by atoms with Crippen LogP contribution >= 0.6 is 0 Å². The monoisotopic (exact) mass is 635 g/mol. The van der Waals surface area contributed by atoms with Gasteiger partial charge in [0.25, 0.3) is 0 Å². The maximum atomic E-state index is 13.6. The van der Waals surface area contributed by atoms with E-state index in [-0.39, 0.29) is 37.7 Å². The average molecular weight is 636 g/mol. The Kier molecular flexibility index (Phi) is 10.4. The largest absolute Gasteiger partial charge is 0.488 e. The van der Waals surface area contributed by atoms with Gasteiger partial charge in [0.2, 0.25) is 10.0 Å². The van der Waals surface area contributed by atoms with Crippen molar-refractivity contribution in [3.63, 3.8) is 0 Å². The third-order valence-corrected chi connectivity index (χ3v) is 9.20. The van der Waals surface area contributed by atoms with Gasteiger partial charge in [-0.3, -0.25) is 0 Å². The second-order valence-electron chi connectivity index (χ2n) is 10.8. The van der Waals surface area contributed by atoms with Crippen molar-refractivity contribution in [2.75, 3.05) is 6.54 Å². The van der Waals surface area contributed by atoms with Gasteiger partial charge < -0.3 is 9.31 Å². The number of hydrogen-bond donors (Lipinski definition) is 0. The third kappa shape index (κ3) is 7.52. The van der Waals surface area contributed by atoms with E-state index >= 15 is 0 Å². The van der Waals surface area contributed by atoms with E-state index in [9.17, 15) is 8.42 Å². The summed E-state index contributed by atoms with van der Waals surface area (Å²) in [5, 5.41) is 0. The van der Waals surface area contributed by atoms with Crippen LogP contribution in [0, 0.1) is 12.8 Å². The summed E-state index contributed by atoms with van der Waals surface area (Å²) in [6, 6.07) is 26.7. The van der Waals surface area contributed by atoms with Crippen molar-refractivity contribution >= 4 is 17.7 Å². The van der Waals surface area contributed by atoms with Crippen molar-refractivity contribution in [1.29, 1.82) is 0 Å². The first kappa shape index (κ1) is 31.4. The van der Waals surface area contributed by atoms with E-state index in [2.05, 4.69) is 18.2 Å². The Morgan fingerprint density at radius 3 is 1.92 bits per heavy atom. The first-order valence-electron chi connectivity index (χ1n) is 12.9. The van der Waals surface area contributed by atoms with Crippen LogP contribution in [0.2, 0.25) is 0 Å². The molecule has 2 heterocycles. The molecule has 3 aromatic carbocycles. The van der Waals surface area contributed by atoms with Crippen molar-refractivity contribution < 1.29 is 38.1 Å². The molecule has 2 aliphatic rings. The normalized spacial score (nSPS) is 19.8. The summed E-state index contributed by atoms with van der Waals surface area (Å²) in [4.78, 5) is 0.332. The molecule has 1 radical (unpaired) electrons. The Morgan fingerprint density at radius 2 is 1.41 bits per heavy atom. The van der Waals surface area contributed by atoms with Gasteiger partial charge in [-0.05, 0) is 58.9 Å². The van der Waals surface area contributed by atoms with Crippen molar-refractivity contribution in [2.45, 2.75) is 63.2 Å². The minimum atomic E-state index is -3.64.